The summed E-state index contributed by atoms with van der Waals surface area (Å²) in [6.45, 7) is 0.741. The summed E-state index contributed by atoms with van der Waals surface area (Å²) in [7, 11) is 0. The quantitative estimate of drug-likeness (QED) is 0.825. The van der Waals surface area contributed by atoms with Crippen LogP contribution in [0.1, 0.15) is 36.9 Å². The molecule has 0 aromatic heterocycles. The van der Waals surface area contributed by atoms with Crippen LogP contribution in [0.15, 0.2) is 24.3 Å². The molecule has 5 heteroatoms. The van der Waals surface area contributed by atoms with Crippen LogP contribution in [-0.2, 0) is 11.2 Å². The molecule has 0 amide bonds. The van der Waals surface area contributed by atoms with Crippen molar-refractivity contribution in [3.05, 3.63) is 35.4 Å². The van der Waals surface area contributed by atoms with Crippen LogP contribution >= 0.6 is 0 Å². The van der Waals surface area contributed by atoms with Crippen molar-refractivity contribution >= 4 is 0 Å². The Bertz CT molecular complexity index is 362. The number of unbranched alkanes of at least 4 members (excludes halogenated alkanes) is 1. The molecule has 0 aliphatic carbocycles. The lowest BCUT2D eigenvalue weighted by atomic mass is 10.0. The summed E-state index contributed by atoms with van der Waals surface area (Å²) in [5.74, 6) is 0. The third kappa shape index (κ3) is 6.59. The molecule has 0 aliphatic heterocycles. The molecule has 2 N–H and O–H groups in total. The van der Waals surface area contributed by atoms with E-state index in [-0.39, 0.29) is 6.61 Å². The van der Waals surface area contributed by atoms with E-state index in [9.17, 15) is 13.2 Å². The maximum absolute atomic E-state index is 11.9. The lowest BCUT2D eigenvalue weighted by Crippen LogP contribution is -2.23. The first kappa shape index (κ1) is 16.0. The van der Waals surface area contributed by atoms with Gasteiger partial charge in [0.25, 0.3) is 0 Å². The van der Waals surface area contributed by atoms with Crippen molar-refractivity contribution in [3.8, 4) is 0 Å². The van der Waals surface area contributed by atoms with Gasteiger partial charge in [0.15, 0.2) is 0 Å². The first-order chi connectivity index (χ1) is 8.92. The van der Waals surface area contributed by atoms with Gasteiger partial charge < -0.3 is 10.5 Å². The Morgan fingerprint density at radius 1 is 1.21 bits per heavy atom. The Balaban J connectivity index is 2.42. The minimum Gasteiger partial charge on any atom is -0.370 e. The van der Waals surface area contributed by atoms with Gasteiger partial charge in [-0.2, -0.15) is 13.2 Å². The lowest BCUT2D eigenvalue weighted by molar-refractivity contribution is -0.174. The number of benzene rings is 1. The Morgan fingerprint density at radius 3 is 2.37 bits per heavy atom. The molecular weight excluding hydrogens is 255 g/mol. The molecule has 108 valence electrons. The molecule has 0 saturated heterocycles. The van der Waals surface area contributed by atoms with E-state index in [0.717, 1.165) is 24.8 Å². The third-order valence-corrected chi connectivity index (χ3v) is 2.79. The number of hydrogen-bond acceptors (Lipinski definition) is 2. The Kier molecular flexibility index (Phi) is 6.31. The monoisotopic (exact) mass is 275 g/mol. The number of ether oxygens (including phenoxy) is 1. The largest absolute Gasteiger partial charge is 0.411 e. The van der Waals surface area contributed by atoms with Crippen molar-refractivity contribution in [1.29, 1.82) is 0 Å². The van der Waals surface area contributed by atoms with E-state index < -0.39 is 18.8 Å². The number of hydrogen-bond donors (Lipinski definition) is 1. The van der Waals surface area contributed by atoms with Gasteiger partial charge in [0, 0.05) is 0 Å². The highest BCUT2D eigenvalue weighted by Gasteiger charge is 2.27. The molecule has 0 bridgehead atoms. The zero-order valence-corrected chi connectivity index (χ0v) is 11.0. The summed E-state index contributed by atoms with van der Waals surface area (Å²) in [6.07, 6.45) is -1.03. The second kappa shape index (κ2) is 7.50. The van der Waals surface area contributed by atoms with Crippen molar-refractivity contribution in [2.75, 3.05) is 13.2 Å². The van der Waals surface area contributed by atoms with Crippen molar-refractivity contribution in [1.82, 2.24) is 0 Å². The summed E-state index contributed by atoms with van der Waals surface area (Å²) in [4.78, 5) is 0. The van der Waals surface area contributed by atoms with E-state index in [4.69, 9.17) is 5.73 Å². The fourth-order valence-corrected chi connectivity index (χ4v) is 1.71. The second-order valence-corrected chi connectivity index (χ2v) is 4.58. The summed E-state index contributed by atoms with van der Waals surface area (Å²) >= 11 is 0. The average molecular weight is 275 g/mol. The average Bonchev–Trinajstić information content (AvgIpc) is 2.35. The highest BCUT2D eigenvalue weighted by molar-refractivity contribution is 5.25. The molecule has 2 nitrogen and oxygen atoms in total. The molecule has 1 unspecified atom stereocenters. The molecule has 1 rings (SSSR count). The predicted molar refractivity (Wildman–Crippen MR) is 68.9 cm³/mol. The van der Waals surface area contributed by atoms with Gasteiger partial charge in [-0.15, -0.1) is 0 Å². The van der Waals surface area contributed by atoms with E-state index >= 15 is 0 Å². The van der Waals surface area contributed by atoms with Gasteiger partial charge >= 0.3 is 6.18 Å². The molecule has 1 aromatic carbocycles. The van der Waals surface area contributed by atoms with E-state index in [1.807, 2.05) is 24.3 Å². The smallest absolute Gasteiger partial charge is 0.370 e. The van der Waals surface area contributed by atoms with Crippen LogP contribution < -0.4 is 5.73 Å². The molecular formula is C14H20F3NO. The van der Waals surface area contributed by atoms with Crippen LogP contribution in [0.4, 0.5) is 13.2 Å². The number of halogens is 3. The van der Waals surface area contributed by atoms with Gasteiger partial charge in [-0.3, -0.25) is 0 Å². The van der Waals surface area contributed by atoms with E-state index in [1.54, 1.807) is 0 Å². The van der Waals surface area contributed by atoms with Crippen LogP contribution in [0.2, 0.25) is 0 Å². The normalized spacial score (nSPS) is 13.5. The topological polar surface area (TPSA) is 35.2 Å². The van der Waals surface area contributed by atoms with Crippen molar-refractivity contribution in [3.63, 3.8) is 0 Å². The van der Waals surface area contributed by atoms with Gasteiger partial charge in [0.2, 0.25) is 0 Å². The van der Waals surface area contributed by atoms with Crippen LogP contribution in [-0.4, -0.2) is 19.4 Å². The number of nitrogens with two attached hydrogens (primary N) is 1. The molecule has 19 heavy (non-hydrogen) atoms. The minimum absolute atomic E-state index is 0.131. The third-order valence-electron chi connectivity index (χ3n) is 2.79. The molecule has 0 fully saturated rings. The number of aryl methyl sites for hydroxylation is 1. The van der Waals surface area contributed by atoms with Gasteiger partial charge in [-0.25, -0.2) is 0 Å². The number of rotatable bonds is 7. The zero-order chi connectivity index (χ0) is 14.3. The second-order valence-electron chi connectivity index (χ2n) is 4.58. The lowest BCUT2D eigenvalue weighted by Gasteiger charge is -2.14. The fraction of sp³-hybridized carbons (Fsp3) is 0.571. The molecule has 0 radical (unpaired) electrons. The highest BCUT2D eigenvalue weighted by Crippen LogP contribution is 2.17. The molecule has 0 spiro atoms. The molecule has 1 atom stereocenters. The summed E-state index contributed by atoms with van der Waals surface area (Å²) < 4.78 is 40.3. The van der Waals surface area contributed by atoms with Crippen molar-refractivity contribution in [2.45, 2.75) is 38.4 Å². The van der Waals surface area contributed by atoms with Crippen LogP contribution in [0.3, 0.4) is 0 Å². The molecule has 0 heterocycles. The van der Waals surface area contributed by atoms with Crippen molar-refractivity contribution in [2.24, 2.45) is 5.73 Å². The van der Waals surface area contributed by atoms with Gasteiger partial charge in [-0.05, 0) is 24.0 Å². The van der Waals surface area contributed by atoms with Crippen LogP contribution in [0.25, 0.3) is 0 Å². The molecule has 1 aromatic rings. The SMILES string of the molecule is CCCCc1ccc(C(N)COCC(F)(F)F)cc1. The standard InChI is InChI=1S/C14H20F3NO/c1-2-3-4-11-5-7-12(8-6-11)13(18)9-19-10-14(15,16)17/h5-8,13H,2-4,9-10,18H2,1H3. The fourth-order valence-electron chi connectivity index (χ4n) is 1.71. The van der Waals surface area contributed by atoms with Gasteiger partial charge in [0.05, 0.1) is 12.6 Å². The highest BCUT2D eigenvalue weighted by atomic mass is 19.4. The van der Waals surface area contributed by atoms with Gasteiger partial charge in [-0.1, -0.05) is 37.6 Å². The summed E-state index contributed by atoms with van der Waals surface area (Å²) in [6, 6.07) is 7.12. The molecule has 0 saturated carbocycles. The maximum atomic E-state index is 11.9. The van der Waals surface area contributed by atoms with Gasteiger partial charge in [0.1, 0.15) is 6.61 Å². The van der Waals surface area contributed by atoms with E-state index in [0.29, 0.717) is 0 Å². The Morgan fingerprint density at radius 2 is 1.84 bits per heavy atom. The zero-order valence-electron chi connectivity index (χ0n) is 11.0. The predicted octanol–water partition coefficient (Wildman–Crippen LogP) is 3.61. The first-order valence-corrected chi connectivity index (χ1v) is 6.41. The van der Waals surface area contributed by atoms with Crippen LogP contribution in [0, 0.1) is 0 Å². The molecule has 0 aliphatic rings. The first-order valence-electron chi connectivity index (χ1n) is 6.41. The Hall–Kier alpha value is -1.07. The minimum atomic E-state index is -4.30. The summed E-state index contributed by atoms with van der Waals surface area (Å²) in [5, 5.41) is 0. The van der Waals surface area contributed by atoms with E-state index in [1.165, 1.54) is 5.56 Å². The van der Waals surface area contributed by atoms with Crippen LogP contribution in [0.5, 0.6) is 0 Å². The number of alkyl halides is 3. The van der Waals surface area contributed by atoms with E-state index in [2.05, 4.69) is 11.7 Å². The van der Waals surface area contributed by atoms with Crippen molar-refractivity contribution < 1.29 is 17.9 Å². The Labute approximate surface area is 111 Å². The summed E-state index contributed by atoms with van der Waals surface area (Å²) in [5.41, 5.74) is 7.79. The maximum Gasteiger partial charge on any atom is 0.411 e.